The van der Waals surface area contributed by atoms with Crippen molar-refractivity contribution < 1.29 is 11.0 Å². The number of hydrogen-bond donors (Lipinski definition) is 1. The first kappa shape index (κ1) is 18.9. The highest BCUT2D eigenvalue weighted by Crippen LogP contribution is 2.31. The fraction of sp³-hybridized carbons (Fsp3) is 0.200. The molecule has 1 aliphatic carbocycles. The molecule has 4 nitrogen and oxygen atoms in total. The quantitative estimate of drug-likeness (QED) is 0.543. The summed E-state index contributed by atoms with van der Waals surface area (Å²) >= 11 is 0. The van der Waals surface area contributed by atoms with Crippen molar-refractivity contribution in [3.8, 4) is 16.9 Å². The van der Waals surface area contributed by atoms with Crippen LogP contribution in [0.1, 0.15) is 35.9 Å². The number of anilines is 1. The minimum absolute atomic E-state index is 0. The van der Waals surface area contributed by atoms with Crippen LogP contribution in [0.15, 0.2) is 67.4 Å². The van der Waals surface area contributed by atoms with Gasteiger partial charge in [-0.25, -0.2) is 0 Å². The molecular formula is C25H26N2O2. The normalized spacial score (nSPS) is 13.0. The van der Waals surface area contributed by atoms with Crippen molar-refractivity contribution >= 4 is 17.7 Å². The first-order valence-corrected chi connectivity index (χ1v) is 9.87. The summed E-state index contributed by atoms with van der Waals surface area (Å²) in [7, 11) is 0. The van der Waals surface area contributed by atoms with Crippen molar-refractivity contribution in [2.75, 3.05) is 11.9 Å². The molecule has 0 aliphatic heterocycles. The minimum atomic E-state index is -0.259. The lowest BCUT2D eigenvalue weighted by molar-refractivity contribution is 0.102. The first-order valence-electron chi connectivity index (χ1n) is 9.87. The molecule has 4 heteroatoms. The fourth-order valence-corrected chi connectivity index (χ4v) is 3.23. The van der Waals surface area contributed by atoms with Gasteiger partial charge in [0.1, 0.15) is 11.4 Å². The van der Waals surface area contributed by atoms with Crippen molar-refractivity contribution in [1.29, 1.82) is 0 Å². The molecule has 1 aromatic heterocycles. The first-order chi connectivity index (χ1) is 14.2. The average Bonchev–Trinajstić information content (AvgIpc) is 3.58. The predicted octanol–water partition coefficient (Wildman–Crippen LogP) is 5.99. The van der Waals surface area contributed by atoms with Crippen LogP contribution in [0.3, 0.4) is 0 Å². The molecule has 0 radical (unpaired) electrons. The number of ether oxygens (including phenoxy) is 1. The number of rotatable bonds is 7. The highest BCUT2D eigenvalue weighted by molar-refractivity contribution is 6.04. The number of pyridine rings is 1. The Balaban J connectivity index is 0.00000256. The lowest BCUT2D eigenvalue weighted by atomic mass is 9.99. The SMILES string of the molecule is C=Cc1cnc(C(=O)Nc2cccc(-c3ccccc3)c2C)cc1OCC1CC1.[HH]. The maximum atomic E-state index is 12.9. The number of nitrogens with zero attached hydrogens (tertiary/aromatic N) is 1. The van der Waals surface area contributed by atoms with Gasteiger partial charge in [0.2, 0.25) is 0 Å². The van der Waals surface area contributed by atoms with Gasteiger partial charge in [-0.05, 0) is 48.4 Å². The van der Waals surface area contributed by atoms with E-state index >= 15 is 0 Å². The van der Waals surface area contributed by atoms with E-state index in [2.05, 4.69) is 35.1 Å². The summed E-state index contributed by atoms with van der Waals surface area (Å²) in [5.74, 6) is 1.02. The molecule has 0 spiro atoms. The number of amides is 1. The third-order valence-electron chi connectivity index (χ3n) is 5.19. The van der Waals surface area contributed by atoms with Gasteiger partial charge in [-0.3, -0.25) is 9.78 Å². The number of nitrogens with one attached hydrogen (secondary N) is 1. The molecule has 1 aliphatic rings. The monoisotopic (exact) mass is 386 g/mol. The molecule has 1 saturated carbocycles. The zero-order valence-corrected chi connectivity index (χ0v) is 16.5. The van der Waals surface area contributed by atoms with E-state index in [-0.39, 0.29) is 7.33 Å². The van der Waals surface area contributed by atoms with Gasteiger partial charge in [-0.15, -0.1) is 0 Å². The maximum absolute atomic E-state index is 12.9. The van der Waals surface area contributed by atoms with Crippen molar-refractivity contribution in [1.82, 2.24) is 4.98 Å². The van der Waals surface area contributed by atoms with E-state index in [9.17, 15) is 4.79 Å². The van der Waals surface area contributed by atoms with E-state index in [1.54, 1.807) is 18.3 Å². The van der Waals surface area contributed by atoms with Crippen LogP contribution >= 0.6 is 0 Å². The molecule has 0 saturated heterocycles. The number of aromatic nitrogens is 1. The van der Waals surface area contributed by atoms with Crippen LogP contribution in [-0.2, 0) is 0 Å². The zero-order chi connectivity index (χ0) is 20.2. The van der Waals surface area contributed by atoms with E-state index in [0.717, 1.165) is 27.9 Å². The molecule has 1 N–H and O–H groups in total. The van der Waals surface area contributed by atoms with Crippen molar-refractivity contribution in [2.24, 2.45) is 5.92 Å². The molecule has 29 heavy (non-hydrogen) atoms. The maximum Gasteiger partial charge on any atom is 0.274 e. The molecule has 0 unspecified atom stereocenters. The van der Waals surface area contributed by atoms with Gasteiger partial charge in [0.25, 0.3) is 5.91 Å². The van der Waals surface area contributed by atoms with Gasteiger partial charge >= 0.3 is 0 Å². The molecule has 1 heterocycles. The standard InChI is InChI=1S/C25H24N2O2.H2/c1-3-19-15-26-23(14-24(19)29-16-18-12-13-18)25(28)27-22-11-7-10-21(17(22)2)20-8-5-4-6-9-20;/h3-11,14-15,18H,1,12-13,16H2,2H3,(H,27,28);1H. The van der Waals surface area contributed by atoms with Crippen LogP contribution in [0.4, 0.5) is 5.69 Å². The summed E-state index contributed by atoms with van der Waals surface area (Å²) in [5.41, 5.74) is 5.11. The molecule has 2 aromatic carbocycles. The van der Waals surface area contributed by atoms with Gasteiger partial charge in [0.15, 0.2) is 0 Å². The zero-order valence-electron chi connectivity index (χ0n) is 16.5. The minimum Gasteiger partial charge on any atom is -0.493 e. The molecule has 148 valence electrons. The van der Waals surface area contributed by atoms with E-state index in [4.69, 9.17) is 4.74 Å². The van der Waals surface area contributed by atoms with Crippen LogP contribution in [0.2, 0.25) is 0 Å². The number of carbonyl (C=O) groups excluding carboxylic acids is 1. The number of benzene rings is 2. The van der Waals surface area contributed by atoms with Crippen LogP contribution in [-0.4, -0.2) is 17.5 Å². The Labute approximate surface area is 172 Å². The Bertz CT molecular complexity index is 1050. The number of hydrogen-bond acceptors (Lipinski definition) is 3. The molecule has 0 bridgehead atoms. The Hall–Kier alpha value is -3.40. The summed E-state index contributed by atoms with van der Waals surface area (Å²) in [5, 5.41) is 3.00. The highest BCUT2D eigenvalue weighted by Gasteiger charge is 2.22. The number of carbonyl (C=O) groups is 1. The fourth-order valence-electron chi connectivity index (χ4n) is 3.23. The van der Waals surface area contributed by atoms with Gasteiger partial charge in [-0.2, -0.15) is 0 Å². The largest absolute Gasteiger partial charge is 0.493 e. The summed E-state index contributed by atoms with van der Waals surface area (Å²) < 4.78 is 5.90. The van der Waals surface area contributed by atoms with Gasteiger partial charge in [0.05, 0.1) is 6.61 Å². The van der Waals surface area contributed by atoms with Crippen LogP contribution in [0, 0.1) is 12.8 Å². The second kappa shape index (κ2) is 8.31. The van der Waals surface area contributed by atoms with Crippen LogP contribution in [0.25, 0.3) is 17.2 Å². The average molecular weight is 386 g/mol. The Morgan fingerprint density at radius 1 is 1.24 bits per heavy atom. The molecule has 0 atom stereocenters. The topological polar surface area (TPSA) is 51.2 Å². The molecule has 3 aromatic rings. The Morgan fingerprint density at radius 2 is 2.03 bits per heavy atom. The van der Waals surface area contributed by atoms with Gasteiger partial charge in [0, 0.05) is 24.9 Å². The van der Waals surface area contributed by atoms with Crippen molar-refractivity contribution in [3.63, 3.8) is 0 Å². The Kier molecular flexibility index (Phi) is 5.43. The predicted molar refractivity (Wildman–Crippen MR) is 119 cm³/mol. The molecular weight excluding hydrogens is 360 g/mol. The van der Waals surface area contributed by atoms with Crippen molar-refractivity contribution in [2.45, 2.75) is 19.8 Å². The summed E-state index contributed by atoms with van der Waals surface area (Å²) in [6.07, 6.45) is 5.75. The lowest BCUT2D eigenvalue weighted by Gasteiger charge is -2.14. The second-order valence-corrected chi connectivity index (χ2v) is 7.36. The second-order valence-electron chi connectivity index (χ2n) is 7.36. The van der Waals surface area contributed by atoms with E-state index in [1.807, 2.05) is 37.3 Å². The third kappa shape index (κ3) is 4.37. The smallest absolute Gasteiger partial charge is 0.274 e. The Morgan fingerprint density at radius 3 is 2.76 bits per heavy atom. The lowest BCUT2D eigenvalue weighted by Crippen LogP contribution is -2.15. The van der Waals surface area contributed by atoms with Crippen LogP contribution in [0.5, 0.6) is 5.75 Å². The summed E-state index contributed by atoms with van der Waals surface area (Å²) in [6.45, 7) is 6.49. The third-order valence-corrected chi connectivity index (χ3v) is 5.19. The molecule has 4 rings (SSSR count). The van der Waals surface area contributed by atoms with Gasteiger partial charge in [-0.1, -0.05) is 55.1 Å². The molecule has 1 amide bonds. The van der Waals surface area contributed by atoms with E-state index < -0.39 is 0 Å². The van der Waals surface area contributed by atoms with E-state index in [1.165, 1.54) is 12.8 Å². The van der Waals surface area contributed by atoms with Crippen LogP contribution < -0.4 is 10.1 Å². The molecule has 1 fully saturated rings. The van der Waals surface area contributed by atoms with E-state index in [0.29, 0.717) is 24.0 Å². The summed E-state index contributed by atoms with van der Waals surface area (Å²) in [4.78, 5) is 17.2. The summed E-state index contributed by atoms with van der Waals surface area (Å²) in [6, 6.07) is 17.7. The van der Waals surface area contributed by atoms with Gasteiger partial charge < -0.3 is 10.1 Å². The van der Waals surface area contributed by atoms with Crippen molar-refractivity contribution in [3.05, 3.63) is 84.2 Å². The highest BCUT2D eigenvalue weighted by atomic mass is 16.5.